The number of aromatic nitrogens is 4. The summed E-state index contributed by atoms with van der Waals surface area (Å²) in [5.74, 6) is -6.16. The summed E-state index contributed by atoms with van der Waals surface area (Å²) in [6.07, 6.45) is -7.81. The van der Waals surface area contributed by atoms with Crippen molar-refractivity contribution in [3.63, 3.8) is 0 Å². The lowest BCUT2D eigenvalue weighted by Crippen LogP contribution is -2.37. The highest BCUT2D eigenvalue weighted by Gasteiger charge is 2.46. The number of alkyl halides is 5. The van der Waals surface area contributed by atoms with E-state index in [1.54, 1.807) is 20.8 Å². The summed E-state index contributed by atoms with van der Waals surface area (Å²) in [5.41, 5.74) is 0.0370. The minimum absolute atomic E-state index is 0. The number of nitrogens with zero attached hydrogens (tertiary/aromatic N) is 4. The van der Waals surface area contributed by atoms with Gasteiger partial charge in [-0.05, 0) is 39.3 Å². The molecule has 3 rings (SSSR count). The third-order valence-corrected chi connectivity index (χ3v) is 4.30. The van der Waals surface area contributed by atoms with E-state index >= 15 is 0 Å². The molecule has 2 aromatic heterocycles. The second-order valence-electron chi connectivity index (χ2n) is 8.17. The van der Waals surface area contributed by atoms with E-state index in [1.807, 2.05) is 0 Å². The third-order valence-electron chi connectivity index (χ3n) is 4.30. The predicted octanol–water partition coefficient (Wildman–Crippen LogP) is 4.75. The number of allylic oxidation sites excluding steroid dienone is 1. The molecular weight excluding hydrogens is 490 g/mol. The van der Waals surface area contributed by atoms with Crippen molar-refractivity contribution in [2.45, 2.75) is 57.4 Å². The number of halogens is 6. The third kappa shape index (κ3) is 6.70. The highest BCUT2D eigenvalue weighted by Crippen LogP contribution is 2.41. The van der Waals surface area contributed by atoms with E-state index in [-0.39, 0.29) is 36.7 Å². The number of hydrogen-bond acceptors (Lipinski definition) is 8. The number of rotatable bonds is 5. The van der Waals surface area contributed by atoms with Crippen molar-refractivity contribution in [3.05, 3.63) is 35.7 Å². The zero-order chi connectivity index (χ0) is 24.6. The minimum Gasteiger partial charge on any atom is -0.380 e. The van der Waals surface area contributed by atoms with Crippen LogP contribution in [0.3, 0.4) is 0 Å². The van der Waals surface area contributed by atoms with Gasteiger partial charge >= 0.3 is 6.18 Å². The molecule has 0 bridgehead atoms. The molecule has 3 N–H and O–H groups in total. The standard InChI is InChI=1S/C19H20F6N6O2.H2S/c1-17(2,3)33-31-16-29-14(10-4-6-18(21,22)13(32)12(10)20)28-15(30-16)27-9-5-7-26-11(8-9)19(23,24)25;/h5,7-8,13,32H,4,6H2,1-3H3,(H2,26,27,28,29,30,31);1H2/t13-;/m0./s1. The van der Waals surface area contributed by atoms with Gasteiger partial charge in [0, 0.05) is 23.9 Å². The second kappa shape index (κ2) is 9.92. The zero-order valence-corrected chi connectivity index (χ0v) is 19.1. The van der Waals surface area contributed by atoms with Crippen LogP contribution >= 0.6 is 13.5 Å². The number of aliphatic hydroxyl groups is 1. The van der Waals surface area contributed by atoms with Crippen LogP contribution in [0.5, 0.6) is 0 Å². The summed E-state index contributed by atoms with van der Waals surface area (Å²) >= 11 is 0. The summed E-state index contributed by atoms with van der Waals surface area (Å²) in [6, 6.07) is 1.91. The van der Waals surface area contributed by atoms with Crippen LogP contribution in [0.15, 0.2) is 24.2 Å². The van der Waals surface area contributed by atoms with Crippen molar-refractivity contribution in [1.29, 1.82) is 0 Å². The van der Waals surface area contributed by atoms with E-state index in [0.29, 0.717) is 6.07 Å². The van der Waals surface area contributed by atoms with Crippen LogP contribution in [0, 0.1) is 0 Å². The van der Waals surface area contributed by atoms with Crippen LogP contribution in [0.4, 0.5) is 43.9 Å². The quantitative estimate of drug-likeness (QED) is 0.389. The van der Waals surface area contributed by atoms with Gasteiger partial charge in [-0.25, -0.2) is 18.7 Å². The first-order chi connectivity index (χ1) is 15.2. The van der Waals surface area contributed by atoms with E-state index in [4.69, 9.17) is 4.84 Å². The Hall–Kier alpha value is -2.65. The molecule has 0 radical (unpaired) electrons. The first kappa shape index (κ1) is 27.6. The molecule has 1 aliphatic rings. The Morgan fingerprint density at radius 2 is 1.76 bits per heavy atom. The second-order valence-corrected chi connectivity index (χ2v) is 8.17. The molecule has 0 saturated heterocycles. The molecule has 1 aliphatic carbocycles. The molecule has 0 unspecified atom stereocenters. The molecule has 15 heteroatoms. The highest BCUT2D eigenvalue weighted by atomic mass is 32.1. The van der Waals surface area contributed by atoms with Crippen LogP contribution in [-0.4, -0.2) is 42.7 Å². The number of pyridine rings is 1. The van der Waals surface area contributed by atoms with E-state index in [2.05, 4.69) is 30.7 Å². The molecule has 188 valence electrons. The topological polar surface area (TPSA) is 105 Å². The average molecular weight is 512 g/mol. The maximum Gasteiger partial charge on any atom is 0.433 e. The Bertz CT molecular complexity index is 1060. The predicted molar refractivity (Wildman–Crippen MR) is 115 cm³/mol. The summed E-state index contributed by atoms with van der Waals surface area (Å²) in [5, 5.41) is 12.1. The van der Waals surface area contributed by atoms with Gasteiger partial charge in [0.25, 0.3) is 11.9 Å². The van der Waals surface area contributed by atoms with Crippen molar-refractivity contribution in [1.82, 2.24) is 19.9 Å². The lowest BCUT2D eigenvalue weighted by Gasteiger charge is -2.27. The first-order valence-corrected chi connectivity index (χ1v) is 9.61. The Morgan fingerprint density at radius 1 is 1.12 bits per heavy atom. The molecular formula is C19H22F6N6O2S. The SMILES string of the molecule is CC(C)(C)ONc1nc(Nc2ccnc(C(F)(F)F)c2)nc(C2=C(F)[C@H](O)C(F)(F)CC2)n1.S. The fourth-order valence-corrected chi connectivity index (χ4v) is 2.72. The number of anilines is 3. The number of aliphatic hydroxyl groups excluding tert-OH is 1. The summed E-state index contributed by atoms with van der Waals surface area (Å²) < 4.78 is 80.6. The normalized spacial score (nSPS) is 18.4. The van der Waals surface area contributed by atoms with Crippen molar-refractivity contribution in [2.75, 3.05) is 10.8 Å². The smallest absolute Gasteiger partial charge is 0.380 e. The van der Waals surface area contributed by atoms with Gasteiger partial charge in [0.15, 0.2) is 11.9 Å². The van der Waals surface area contributed by atoms with Gasteiger partial charge in [-0.3, -0.25) is 9.82 Å². The van der Waals surface area contributed by atoms with Gasteiger partial charge < -0.3 is 10.4 Å². The molecule has 0 amide bonds. The van der Waals surface area contributed by atoms with Gasteiger partial charge in [-0.1, -0.05) is 0 Å². The Labute approximate surface area is 197 Å². The van der Waals surface area contributed by atoms with E-state index in [9.17, 15) is 31.4 Å². The van der Waals surface area contributed by atoms with E-state index in [1.165, 1.54) is 6.07 Å². The maximum atomic E-state index is 14.5. The minimum atomic E-state index is -4.70. The van der Waals surface area contributed by atoms with Crippen LogP contribution in [-0.2, 0) is 11.0 Å². The number of nitrogens with one attached hydrogen (secondary N) is 2. The maximum absolute atomic E-state index is 14.5. The summed E-state index contributed by atoms with van der Waals surface area (Å²) in [7, 11) is 0. The Morgan fingerprint density at radius 3 is 2.38 bits per heavy atom. The van der Waals surface area contributed by atoms with Gasteiger partial charge in [0.2, 0.25) is 5.95 Å². The lowest BCUT2D eigenvalue weighted by atomic mass is 9.92. The van der Waals surface area contributed by atoms with Gasteiger partial charge in [0.1, 0.15) is 11.5 Å². The largest absolute Gasteiger partial charge is 0.433 e. The fraction of sp³-hybridized carbons (Fsp3) is 0.474. The van der Waals surface area contributed by atoms with Crippen molar-refractivity contribution in [3.8, 4) is 0 Å². The first-order valence-electron chi connectivity index (χ1n) is 9.61. The lowest BCUT2D eigenvalue weighted by molar-refractivity contribution is -0.141. The van der Waals surface area contributed by atoms with Crippen LogP contribution in [0.25, 0.3) is 5.57 Å². The zero-order valence-electron chi connectivity index (χ0n) is 18.1. The summed E-state index contributed by atoms with van der Waals surface area (Å²) in [4.78, 5) is 20.4. The molecule has 2 heterocycles. The molecule has 0 fully saturated rings. The summed E-state index contributed by atoms with van der Waals surface area (Å²) in [6.45, 7) is 5.08. The van der Waals surface area contributed by atoms with Crippen LogP contribution in [0.1, 0.15) is 45.1 Å². The molecule has 0 aliphatic heterocycles. The fourth-order valence-electron chi connectivity index (χ4n) is 2.72. The Kier molecular flexibility index (Phi) is 8.05. The van der Waals surface area contributed by atoms with Gasteiger partial charge in [0.05, 0.1) is 5.60 Å². The van der Waals surface area contributed by atoms with Gasteiger partial charge in [-0.2, -0.15) is 41.6 Å². The number of hydrogen-bond donors (Lipinski definition) is 3. The van der Waals surface area contributed by atoms with E-state index < -0.39 is 54.0 Å². The molecule has 34 heavy (non-hydrogen) atoms. The van der Waals surface area contributed by atoms with Crippen molar-refractivity contribution >= 4 is 36.7 Å². The molecule has 0 saturated carbocycles. The monoisotopic (exact) mass is 512 g/mol. The van der Waals surface area contributed by atoms with Crippen LogP contribution in [0.2, 0.25) is 0 Å². The Balaban J connectivity index is 0.00000408. The molecule has 8 nitrogen and oxygen atoms in total. The molecule has 0 spiro atoms. The molecule has 0 aromatic carbocycles. The van der Waals surface area contributed by atoms with Gasteiger partial charge in [-0.15, -0.1) is 0 Å². The highest BCUT2D eigenvalue weighted by molar-refractivity contribution is 7.59. The molecule has 2 aromatic rings. The van der Waals surface area contributed by atoms with Crippen molar-refractivity contribution in [2.24, 2.45) is 0 Å². The van der Waals surface area contributed by atoms with Crippen LogP contribution < -0.4 is 10.8 Å². The average Bonchev–Trinajstić information content (AvgIpc) is 2.70. The van der Waals surface area contributed by atoms with E-state index in [0.717, 1.165) is 6.20 Å². The van der Waals surface area contributed by atoms with Crippen molar-refractivity contribution < 1.29 is 36.3 Å². The molecule has 1 atom stereocenters.